The second kappa shape index (κ2) is 9.15. The number of nitrogens with zero attached hydrogens (tertiary/aromatic N) is 3. The summed E-state index contributed by atoms with van der Waals surface area (Å²) in [6.07, 6.45) is 3.50. The molecule has 1 heterocycles. The van der Waals surface area contributed by atoms with E-state index in [1.165, 1.54) is 6.20 Å². The highest BCUT2D eigenvalue weighted by Crippen LogP contribution is 2.06. The van der Waals surface area contributed by atoms with E-state index in [2.05, 4.69) is 17.2 Å². The third-order valence-corrected chi connectivity index (χ3v) is 3.28. The summed E-state index contributed by atoms with van der Waals surface area (Å²) >= 11 is 0. The maximum Gasteiger partial charge on any atom is 0.269 e. The van der Waals surface area contributed by atoms with Gasteiger partial charge in [-0.15, -0.1) is 0 Å². The Morgan fingerprint density at radius 3 is 2.59 bits per heavy atom. The number of unbranched alkanes of at least 4 members (excludes halogenated alkanes) is 1. The lowest BCUT2D eigenvalue weighted by molar-refractivity contribution is 0.0793. The smallest absolute Gasteiger partial charge is 0.269 e. The minimum atomic E-state index is -0.257. The van der Waals surface area contributed by atoms with Crippen LogP contribution in [0.1, 0.15) is 40.6 Å². The molecule has 0 aromatic carbocycles. The fourth-order valence-corrected chi connectivity index (χ4v) is 1.89. The van der Waals surface area contributed by atoms with Gasteiger partial charge in [0.1, 0.15) is 5.69 Å². The van der Waals surface area contributed by atoms with Gasteiger partial charge >= 0.3 is 0 Å². The lowest BCUT2D eigenvalue weighted by Crippen LogP contribution is -2.32. The molecule has 0 aliphatic rings. The van der Waals surface area contributed by atoms with E-state index < -0.39 is 0 Å². The zero-order chi connectivity index (χ0) is 16.5. The van der Waals surface area contributed by atoms with Crippen LogP contribution in [0, 0.1) is 0 Å². The highest BCUT2D eigenvalue weighted by Gasteiger charge is 2.14. The number of carbonyl (C=O) groups excluding carboxylic acids is 2. The number of amides is 2. The third kappa shape index (κ3) is 5.81. The van der Waals surface area contributed by atoms with E-state index in [9.17, 15) is 9.59 Å². The molecule has 0 saturated heterocycles. The standard InChI is InChI=1S/C16H26N4O2/c1-5-6-10-20(4)16(22)13-7-8-17-14(12-13)15(21)18-9-11-19(2)3/h7-8,12H,5-6,9-11H2,1-4H3,(H,18,21). The lowest BCUT2D eigenvalue weighted by Gasteiger charge is -2.17. The quantitative estimate of drug-likeness (QED) is 0.785. The van der Waals surface area contributed by atoms with Crippen molar-refractivity contribution < 1.29 is 9.59 Å². The molecule has 0 radical (unpaired) electrons. The molecule has 6 heteroatoms. The largest absolute Gasteiger partial charge is 0.349 e. The van der Waals surface area contributed by atoms with Crippen LogP contribution in [0.25, 0.3) is 0 Å². The van der Waals surface area contributed by atoms with Gasteiger partial charge < -0.3 is 15.1 Å². The lowest BCUT2D eigenvalue weighted by atomic mass is 10.2. The van der Waals surface area contributed by atoms with Gasteiger partial charge in [0.15, 0.2) is 0 Å². The van der Waals surface area contributed by atoms with Gasteiger partial charge in [-0.25, -0.2) is 0 Å². The van der Waals surface area contributed by atoms with E-state index in [4.69, 9.17) is 0 Å². The van der Waals surface area contributed by atoms with Crippen molar-refractivity contribution in [1.82, 2.24) is 20.1 Å². The predicted molar refractivity (Wildman–Crippen MR) is 87.0 cm³/mol. The van der Waals surface area contributed by atoms with Gasteiger partial charge in [-0.2, -0.15) is 0 Å². The molecular formula is C16H26N4O2. The Balaban J connectivity index is 2.68. The second-order valence-corrected chi connectivity index (χ2v) is 5.57. The highest BCUT2D eigenvalue weighted by atomic mass is 16.2. The number of hydrogen-bond donors (Lipinski definition) is 1. The van der Waals surface area contributed by atoms with Gasteiger partial charge in [-0.05, 0) is 32.6 Å². The summed E-state index contributed by atoms with van der Waals surface area (Å²) in [6.45, 7) is 4.09. The van der Waals surface area contributed by atoms with Crippen LogP contribution in [-0.2, 0) is 0 Å². The van der Waals surface area contributed by atoms with Gasteiger partial charge in [-0.3, -0.25) is 14.6 Å². The van der Waals surface area contributed by atoms with Crippen LogP contribution in [0.15, 0.2) is 18.3 Å². The number of aromatic nitrogens is 1. The van der Waals surface area contributed by atoms with Crippen molar-refractivity contribution in [2.75, 3.05) is 40.8 Å². The topological polar surface area (TPSA) is 65.5 Å². The van der Waals surface area contributed by atoms with Crippen LogP contribution in [0.4, 0.5) is 0 Å². The van der Waals surface area contributed by atoms with E-state index in [1.807, 2.05) is 19.0 Å². The fraction of sp³-hybridized carbons (Fsp3) is 0.562. The van der Waals surface area contributed by atoms with E-state index in [0.29, 0.717) is 18.7 Å². The molecule has 1 N–H and O–H groups in total. The summed E-state index contributed by atoms with van der Waals surface area (Å²) in [5, 5.41) is 2.79. The number of likely N-dealkylation sites (N-methyl/N-ethyl adjacent to an activating group) is 1. The number of hydrogen-bond acceptors (Lipinski definition) is 4. The predicted octanol–water partition coefficient (Wildman–Crippen LogP) is 1.25. The monoisotopic (exact) mass is 306 g/mol. The third-order valence-electron chi connectivity index (χ3n) is 3.28. The summed E-state index contributed by atoms with van der Waals surface area (Å²) in [6, 6.07) is 3.19. The minimum Gasteiger partial charge on any atom is -0.349 e. The Kier molecular flexibility index (Phi) is 7.52. The van der Waals surface area contributed by atoms with Gasteiger partial charge in [0.2, 0.25) is 0 Å². The van der Waals surface area contributed by atoms with Gasteiger partial charge in [0, 0.05) is 38.4 Å². The first-order valence-corrected chi connectivity index (χ1v) is 7.60. The average Bonchev–Trinajstić information content (AvgIpc) is 2.51. The normalized spacial score (nSPS) is 10.6. The molecular weight excluding hydrogens is 280 g/mol. The molecule has 22 heavy (non-hydrogen) atoms. The molecule has 6 nitrogen and oxygen atoms in total. The summed E-state index contributed by atoms with van der Waals surface area (Å²) in [5.41, 5.74) is 0.764. The van der Waals surface area contributed by atoms with Crippen LogP contribution in [0.3, 0.4) is 0 Å². The van der Waals surface area contributed by atoms with Crippen LogP contribution >= 0.6 is 0 Å². The van der Waals surface area contributed by atoms with Gasteiger partial charge in [-0.1, -0.05) is 13.3 Å². The van der Waals surface area contributed by atoms with Crippen molar-refractivity contribution in [2.45, 2.75) is 19.8 Å². The number of nitrogens with one attached hydrogen (secondary N) is 1. The Morgan fingerprint density at radius 2 is 1.95 bits per heavy atom. The molecule has 1 aromatic rings. The van der Waals surface area contributed by atoms with E-state index in [1.54, 1.807) is 24.1 Å². The van der Waals surface area contributed by atoms with Crippen molar-refractivity contribution in [3.8, 4) is 0 Å². The van der Waals surface area contributed by atoms with E-state index >= 15 is 0 Å². The van der Waals surface area contributed by atoms with Crippen molar-refractivity contribution in [1.29, 1.82) is 0 Å². The molecule has 0 atom stereocenters. The molecule has 0 bridgehead atoms. The number of rotatable bonds is 8. The van der Waals surface area contributed by atoms with E-state index in [-0.39, 0.29) is 17.5 Å². The SMILES string of the molecule is CCCCN(C)C(=O)c1ccnc(C(=O)NCCN(C)C)c1. The molecule has 1 aromatic heterocycles. The second-order valence-electron chi connectivity index (χ2n) is 5.57. The number of pyridine rings is 1. The van der Waals surface area contributed by atoms with E-state index in [0.717, 1.165) is 19.4 Å². The zero-order valence-electron chi connectivity index (χ0n) is 13.9. The van der Waals surface area contributed by atoms with Crippen molar-refractivity contribution in [2.24, 2.45) is 0 Å². The average molecular weight is 306 g/mol. The molecule has 1 rings (SSSR count). The van der Waals surface area contributed by atoms with Crippen LogP contribution < -0.4 is 5.32 Å². The molecule has 0 aliphatic heterocycles. The van der Waals surface area contributed by atoms with Gasteiger partial charge in [0.25, 0.3) is 11.8 Å². The van der Waals surface area contributed by atoms with Crippen molar-refractivity contribution >= 4 is 11.8 Å². The molecule has 0 saturated carbocycles. The Hall–Kier alpha value is -1.95. The minimum absolute atomic E-state index is 0.0850. The summed E-state index contributed by atoms with van der Waals surface area (Å²) < 4.78 is 0. The summed E-state index contributed by atoms with van der Waals surface area (Å²) in [5.74, 6) is -0.342. The number of carbonyl (C=O) groups is 2. The summed E-state index contributed by atoms with van der Waals surface area (Å²) in [4.78, 5) is 32.0. The first kappa shape index (κ1) is 18.1. The van der Waals surface area contributed by atoms with Crippen LogP contribution in [-0.4, -0.2) is 67.4 Å². The molecule has 2 amide bonds. The first-order chi connectivity index (χ1) is 10.5. The molecule has 0 unspecified atom stereocenters. The zero-order valence-corrected chi connectivity index (χ0v) is 13.9. The molecule has 122 valence electrons. The fourth-order valence-electron chi connectivity index (χ4n) is 1.89. The van der Waals surface area contributed by atoms with Gasteiger partial charge in [0.05, 0.1) is 0 Å². The Morgan fingerprint density at radius 1 is 1.23 bits per heavy atom. The molecule has 0 spiro atoms. The Bertz CT molecular complexity index is 503. The van der Waals surface area contributed by atoms with Crippen molar-refractivity contribution in [3.05, 3.63) is 29.6 Å². The molecule has 0 fully saturated rings. The van der Waals surface area contributed by atoms with Crippen molar-refractivity contribution in [3.63, 3.8) is 0 Å². The Labute approximate surface area is 132 Å². The maximum absolute atomic E-state index is 12.3. The van der Waals surface area contributed by atoms with Crippen LogP contribution in [0.2, 0.25) is 0 Å². The first-order valence-electron chi connectivity index (χ1n) is 7.60. The van der Waals surface area contributed by atoms with Crippen LogP contribution in [0.5, 0.6) is 0 Å². The molecule has 0 aliphatic carbocycles. The maximum atomic E-state index is 12.3. The summed E-state index contributed by atoms with van der Waals surface area (Å²) in [7, 11) is 5.65. The highest BCUT2D eigenvalue weighted by molar-refractivity contribution is 5.98.